The van der Waals surface area contributed by atoms with Gasteiger partial charge in [-0.25, -0.2) is 0 Å². The van der Waals surface area contributed by atoms with Crippen molar-refractivity contribution in [2.75, 3.05) is 11.4 Å². The zero-order valence-corrected chi connectivity index (χ0v) is 11.7. The first-order valence-corrected chi connectivity index (χ1v) is 6.96. The summed E-state index contributed by atoms with van der Waals surface area (Å²) in [7, 11) is 0. The Balaban J connectivity index is 2.15. The number of nitrogens with zero attached hydrogens (tertiary/aromatic N) is 1. The maximum absolute atomic E-state index is 12.3. The molecule has 18 heavy (non-hydrogen) atoms. The minimum absolute atomic E-state index is 0.0804. The van der Waals surface area contributed by atoms with Crippen LogP contribution in [0.4, 0.5) is 5.69 Å². The second-order valence-electron chi connectivity index (χ2n) is 5.84. The highest BCUT2D eigenvalue weighted by atomic mass is 16.2. The molecule has 1 aromatic rings. The van der Waals surface area contributed by atoms with Crippen LogP contribution in [0.25, 0.3) is 0 Å². The predicted octanol–water partition coefficient (Wildman–Crippen LogP) is 3.89. The van der Waals surface area contributed by atoms with E-state index in [1.807, 2.05) is 11.0 Å². The number of para-hydroxylation sites is 1. The summed E-state index contributed by atoms with van der Waals surface area (Å²) in [5.41, 5.74) is 2.50. The summed E-state index contributed by atoms with van der Waals surface area (Å²) in [5, 5.41) is 0. The zero-order chi connectivity index (χ0) is 13.2. The molecule has 0 aliphatic carbocycles. The van der Waals surface area contributed by atoms with E-state index in [1.54, 1.807) is 0 Å². The van der Waals surface area contributed by atoms with E-state index in [1.165, 1.54) is 5.56 Å². The second-order valence-corrected chi connectivity index (χ2v) is 5.84. The van der Waals surface area contributed by atoms with Crippen molar-refractivity contribution in [3.8, 4) is 0 Å². The predicted molar refractivity (Wildman–Crippen MR) is 76.0 cm³/mol. The van der Waals surface area contributed by atoms with Crippen molar-refractivity contribution < 1.29 is 4.79 Å². The number of carbonyl (C=O) groups excluding carboxylic acids is 1. The molecule has 0 atom stereocenters. The average molecular weight is 245 g/mol. The Hall–Kier alpha value is -1.31. The Morgan fingerprint density at radius 1 is 1.28 bits per heavy atom. The maximum Gasteiger partial charge on any atom is 0.227 e. The smallest absolute Gasteiger partial charge is 0.227 e. The fourth-order valence-corrected chi connectivity index (χ4v) is 2.73. The van der Waals surface area contributed by atoms with Crippen LogP contribution in [0, 0.1) is 0 Å². The summed E-state index contributed by atoms with van der Waals surface area (Å²) < 4.78 is 0. The van der Waals surface area contributed by atoms with Gasteiger partial charge in [0.15, 0.2) is 0 Å². The molecule has 1 amide bonds. The maximum atomic E-state index is 12.3. The molecule has 0 aromatic heterocycles. The number of carbonyl (C=O) groups is 1. The Labute approximate surface area is 110 Å². The van der Waals surface area contributed by atoms with Gasteiger partial charge in [-0.15, -0.1) is 0 Å². The van der Waals surface area contributed by atoms with E-state index in [0.717, 1.165) is 31.5 Å². The van der Waals surface area contributed by atoms with Crippen molar-refractivity contribution in [3.63, 3.8) is 0 Å². The van der Waals surface area contributed by atoms with Crippen molar-refractivity contribution in [2.24, 2.45) is 0 Å². The minimum atomic E-state index is 0.0804. The fraction of sp³-hybridized carbons (Fsp3) is 0.562. The van der Waals surface area contributed by atoms with Crippen LogP contribution in [0.3, 0.4) is 0 Å². The second kappa shape index (κ2) is 5.13. The first kappa shape index (κ1) is 13.1. The van der Waals surface area contributed by atoms with Crippen molar-refractivity contribution in [3.05, 3.63) is 29.8 Å². The number of unbranched alkanes of at least 4 members (excludes halogenated alkanes) is 2. The number of hydrogen-bond acceptors (Lipinski definition) is 1. The van der Waals surface area contributed by atoms with Gasteiger partial charge in [0.05, 0.1) is 0 Å². The van der Waals surface area contributed by atoms with Gasteiger partial charge in [0, 0.05) is 24.1 Å². The van der Waals surface area contributed by atoms with Crippen LogP contribution in [0.15, 0.2) is 24.3 Å². The monoisotopic (exact) mass is 245 g/mol. The molecule has 0 unspecified atom stereocenters. The van der Waals surface area contributed by atoms with Crippen molar-refractivity contribution in [1.82, 2.24) is 0 Å². The normalized spacial score (nSPS) is 16.7. The summed E-state index contributed by atoms with van der Waals surface area (Å²) in [4.78, 5) is 14.3. The van der Waals surface area contributed by atoms with Gasteiger partial charge >= 0.3 is 0 Å². The molecular formula is C16H23NO. The highest BCUT2D eigenvalue weighted by Crippen LogP contribution is 2.40. The lowest BCUT2D eigenvalue weighted by atomic mass is 9.87. The van der Waals surface area contributed by atoms with E-state index >= 15 is 0 Å². The molecule has 0 spiro atoms. The third kappa shape index (κ3) is 2.43. The molecule has 1 heterocycles. The van der Waals surface area contributed by atoms with Crippen molar-refractivity contribution >= 4 is 11.6 Å². The van der Waals surface area contributed by atoms with Gasteiger partial charge in [-0.05, 0) is 18.1 Å². The lowest BCUT2D eigenvalue weighted by Crippen LogP contribution is -2.33. The molecule has 2 nitrogen and oxygen atoms in total. The lowest BCUT2D eigenvalue weighted by molar-refractivity contribution is -0.118. The summed E-state index contributed by atoms with van der Waals surface area (Å²) >= 11 is 0. The SMILES string of the molecule is CCCCCC(=O)N1CC(C)(C)c2ccccc21. The molecular weight excluding hydrogens is 222 g/mol. The van der Waals surface area contributed by atoms with Crippen LogP contribution in [0.5, 0.6) is 0 Å². The molecule has 1 aliphatic heterocycles. The van der Waals surface area contributed by atoms with Gasteiger partial charge in [-0.1, -0.05) is 51.8 Å². The zero-order valence-electron chi connectivity index (χ0n) is 11.7. The summed E-state index contributed by atoms with van der Waals surface area (Å²) in [6, 6.07) is 8.30. The summed E-state index contributed by atoms with van der Waals surface area (Å²) in [6.07, 6.45) is 3.99. The number of amides is 1. The van der Waals surface area contributed by atoms with E-state index in [2.05, 4.69) is 39.0 Å². The molecule has 0 radical (unpaired) electrons. The third-order valence-corrected chi connectivity index (χ3v) is 3.77. The number of hydrogen-bond donors (Lipinski definition) is 0. The van der Waals surface area contributed by atoms with Crippen LogP contribution in [-0.2, 0) is 10.2 Å². The molecule has 1 aliphatic rings. The highest BCUT2D eigenvalue weighted by Gasteiger charge is 2.37. The van der Waals surface area contributed by atoms with Crippen LogP contribution < -0.4 is 4.90 Å². The van der Waals surface area contributed by atoms with Crippen molar-refractivity contribution in [1.29, 1.82) is 0 Å². The van der Waals surface area contributed by atoms with Crippen molar-refractivity contribution in [2.45, 2.75) is 51.9 Å². The van der Waals surface area contributed by atoms with Gasteiger partial charge in [-0.2, -0.15) is 0 Å². The van der Waals surface area contributed by atoms with E-state index in [4.69, 9.17) is 0 Å². The standard InChI is InChI=1S/C16H23NO/c1-4-5-6-11-15(18)17-12-16(2,3)13-9-7-8-10-14(13)17/h7-10H,4-6,11-12H2,1-3H3. The largest absolute Gasteiger partial charge is 0.311 e. The molecule has 2 rings (SSSR count). The van der Waals surface area contributed by atoms with Gasteiger partial charge in [0.1, 0.15) is 0 Å². The Morgan fingerprint density at radius 2 is 2.00 bits per heavy atom. The third-order valence-electron chi connectivity index (χ3n) is 3.77. The van der Waals surface area contributed by atoms with E-state index < -0.39 is 0 Å². The van der Waals surface area contributed by atoms with Gasteiger partial charge < -0.3 is 4.90 Å². The number of fused-ring (bicyclic) bond motifs is 1. The van der Waals surface area contributed by atoms with E-state index in [0.29, 0.717) is 6.42 Å². The summed E-state index contributed by atoms with van der Waals surface area (Å²) in [5.74, 6) is 0.279. The Morgan fingerprint density at radius 3 is 2.72 bits per heavy atom. The molecule has 0 saturated heterocycles. The minimum Gasteiger partial charge on any atom is -0.311 e. The molecule has 2 heteroatoms. The Bertz CT molecular complexity index is 436. The number of rotatable bonds is 4. The lowest BCUT2D eigenvalue weighted by Gasteiger charge is -2.20. The number of benzene rings is 1. The number of anilines is 1. The van der Waals surface area contributed by atoms with Crippen LogP contribution >= 0.6 is 0 Å². The van der Waals surface area contributed by atoms with E-state index in [9.17, 15) is 4.79 Å². The molecule has 0 N–H and O–H groups in total. The fourth-order valence-electron chi connectivity index (χ4n) is 2.73. The molecule has 0 fully saturated rings. The quantitative estimate of drug-likeness (QED) is 0.737. The van der Waals surface area contributed by atoms with Gasteiger partial charge in [-0.3, -0.25) is 4.79 Å². The Kier molecular flexibility index (Phi) is 3.74. The highest BCUT2D eigenvalue weighted by molar-refractivity contribution is 5.96. The van der Waals surface area contributed by atoms with E-state index in [-0.39, 0.29) is 11.3 Å². The van der Waals surface area contributed by atoms with Gasteiger partial charge in [0.25, 0.3) is 0 Å². The average Bonchev–Trinajstić information content (AvgIpc) is 2.63. The van der Waals surface area contributed by atoms with Gasteiger partial charge in [0.2, 0.25) is 5.91 Å². The first-order chi connectivity index (χ1) is 8.56. The molecule has 98 valence electrons. The molecule has 1 aromatic carbocycles. The van der Waals surface area contributed by atoms with Crippen LogP contribution in [0.2, 0.25) is 0 Å². The molecule has 0 bridgehead atoms. The molecule has 0 saturated carbocycles. The van der Waals surface area contributed by atoms with Crippen LogP contribution in [0.1, 0.15) is 52.0 Å². The van der Waals surface area contributed by atoms with Crippen LogP contribution in [-0.4, -0.2) is 12.5 Å². The summed E-state index contributed by atoms with van der Waals surface area (Å²) in [6.45, 7) is 7.41. The topological polar surface area (TPSA) is 20.3 Å². The first-order valence-electron chi connectivity index (χ1n) is 6.96.